The Morgan fingerprint density at radius 3 is 2.70 bits per heavy atom. The van der Waals surface area contributed by atoms with Crippen molar-refractivity contribution >= 4 is 16.7 Å². The summed E-state index contributed by atoms with van der Waals surface area (Å²) < 4.78 is 5.97. The fraction of sp³-hybridized carbons (Fsp3) is 0.273. The SMILES string of the molecule is CCNC(=NCCc1ccccn1)NCCOc1cccc2ccccc12. The number of nitrogens with one attached hydrogen (secondary N) is 2. The summed E-state index contributed by atoms with van der Waals surface area (Å²) in [6.07, 6.45) is 2.64. The lowest BCUT2D eigenvalue weighted by atomic mass is 10.1. The summed E-state index contributed by atoms with van der Waals surface area (Å²) in [6.45, 7) is 4.82. The largest absolute Gasteiger partial charge is 0.491 e. The van der Waals surface area contributed by atoms with Crippen LogP contribution in [0.25, 0.3) is 10.8 Å². The van der Waals surface area contributed by atoms with E-state index in [1.165, 1.54) is 5.39 Å². The van der Waals surface area contributed by atoms with Crippen LogP contribution in [0.2, 0.25) is 0 Å². The smallest absolute Gasteiger partial charge is 0.191 e. The van der Waals surface area contributed by atoms with E-state index in [9.17, 15) is 0 Å². The lowest BCUT2D eigenvalue weighted by Crippen LogP contribution is -2.39. The van der Waals surface area contributed by atoms with Gasteiger partial charge >= 0.3 is 0 Å². The fourth-order valence-corrected chi connectivity index (χ4v) is 2.82. The average molecular weight is 362 g/mol. The molecule has 2 N–H and O–H groups in total. The van der Waals surface area contributed by atoms with E-state index in [1.54, 1.807) is 0 Å². The zero-order valence-corrected chi connectivity index (χ0v) is 15.7. The zero-order chi connectivity index (χ0) is 18.7. The van der Waals surface area contributed by atoms with Crippen molar-refractivity contribution < 1.29 is 4.74 Å². The van der Waals surface area contributed by atoms with E-state index < -0.39 is 0 Å². The molecule has 0 fully saturated rings. The third-order valence-corrected chi connectivity index (χ3v) is 4.11. The van der Waals surface area contributed by atoms with E-state index in [4.69, 9.17) is 4.74 Å². The molecule has 0 atom stereocenters. The number of nitrogens with zero attached hydrogens (tertiary/aromatic N) is 2. The Morgan fingerprint density at radius 2 is 1.85 bits per heavy atom. The van der Waals surface area contributed by atoms with Crippen molar-refractivity contribution in [3.8, 4) is 5.75 Å². The molecule has 0 aliphatic heterocycles. The van der Waals surface area contributed by atoms with Gasteiger partial charge in [0.25, 0.3) is 0 Å². The minimum atomic E-state index is 0.568. The summed E-state index contributed by atoms with van der Waals surface area (Å²) in [5.41, 5.74) is 1.05. The van der Waals surface area contributed by atoms with Gasteiger partial charge in [-0.1, -0.05) is 42.5 Å². The van der Waals surface area contributed by atoms with Crippen LogP contribution in [0.3, 0.4) is 0 Å². The van der Waals surface area contributed by atoms with Crippen LogP contribution in [0.5, 0.6) is 5.75 Å². The van der Waals surface area contributed by atoms with Gasteiger partial charge in [0.05, 0.1) is 6.54 Å². The number of hydrogen-bond acceptors (Lipinski definition) is 3. The van der Waals surface area contributed by atoms with Gasteiger partial charge in [0.15, 0.2) is 5.96 Å². The number of aromatic nitrogens is 1. The number of guanidine groups is 1. The standard InChI is InChI=1S/C22H26N4O/c1-2-23-22(25-15-13-19-10-5-6-14-24-19)26-16-17-27-21-12-7-9-18-8-3-4-11-20(18)21/h3-12,14H,2,13,15-17H2,1H3,(H2,23,25,26). The summed E-state index contributed by atoms with van der Waals surface area (Å²) in [5, 5.41) is 8.90. The van der Waals surface area contributed by atoms with E-state index in [-0.39, 0.29) is 0 Å². The van der Waals surface area contributed by atoms with Crippen molar-refractivity contribution in [2.75, 3.05) is 26.2 Å². The second-order valence-corrected chi connectivity index (χ2v) is 6.08. The van der Waals surface area contributed by atoms with E-state index in [0.29, 0.717) is 19.7 Å². The number of benzene rings is 2. The third kappa shape index (κ3) is 5.71. The topological polar surface area (TPSA) is 58.5 Å². The molecule has 3 rings (SSSR count). The molecular formula is C22H26N4O. The van der Waals surface area contributed by atoms with Gasteiger partial charge in [-0.2, -0.15) is 0 Å². The zero-order valence-electron chi connectivity index (χ0n) is 15.7. The molecule has 140 valence electrons. The highest BCUT2D eigenvalue weighted by Gasteiger charge is 2.02. The first kappa shape index (κ1) is 18.7. The molecule has 3 aromatic rings. The summed E-state index contributed by atoms with van der Waals surface area (Å²) in [5.74, 6) is 1.71. The molecule has 27 heavy (non-hydrogen) atoms. The lowest BCUT2D eigenvalue weighted by molar-refractivity contribution is 0.325. The predicted molar refractivity (Wildman–Crippen MR) is 111 cm³/mol. The number of ether oxygens (including phenoxy) is 1. The second kappa shape index (κ2) is 10.2. The molecule has 2 aromatic carbocycles. The molecule has 0 saturated carbocycles. The number of rotatable bonds is 8. The fourth-order valence-electron chi connectivity index (χ4n) is 2.82. The molecule has 0 spiro atoms. The second-order valence-electron chi connectivity index (χ2n) is 6.08. The van der Waals surface area contributed by atoms with Gasteiger partial charge in [-0.25, -0.2) is 0 Å². The summed E-state index contributed by atoms with van der Waals surface area (Å²) in [7, 11) is 0. The van der Waals surface area contributed by atoms with Gasteiger partial charge < -0.3 is 15.4 Å². The van der Waals surface area contributed by atoms with E-state index in [2.05, 4.69) is 45.7 Å². The first-order chi connectivity index (χ1) is 13.4. The van der Waals surface area contributed by atoms with Crippen LogP contribution in [0.1, 0.15) is 12.6 Å². The Balaban J connectivity index is 1.48. The van der Waals surface area contributed by atoms with Crippen LogP contribution >= 0.6 is 0 Å². The molecule has 5 nitrogen and oxygen atoms in total. The van der Waals surface area contributed by atoms with Crippen LogP contribution in [-0.2, 0) is 6.42 Å². The molecule has 1 aromatic heterocycles. The number of hydrogen-bond donors (Lipinski definition) is 2. The average Bonchev–Trinajstić information content (AvgIpc) is 2.72. The van der Waals surface area contributed by atoms with Gasteiger partial charge in [-0.3, -0.25) is 9.98 Å². The summed E-state index contributed by atoms with van der Waals surface area (Å²) >= 11 is 0. The molecular weight excluding hydrogens is 336 g/mol. The van der Waals surface area contributed by atoms with Gasteiger partial charge in [0, 0.05) is 36.8 Å². The highest BCUT2D eigenvalue weighted by Crippen LogP contribution is 2.24. The third-order valence-electron chi connectivity index (χ3n) is 4.11. The maximum absolute atomic E-state index is 5.97. The maximum atomic E-state index is 5.97. The molecule has 0 amide bonds. The van der Waals surface area contributed by atoms with Crippen LogP contribution in [0, 0.1) is 0 Å². The molecule has 0 aliphatic rings. The molecule has 0 radical (unpaired) electrons. The molecule has 1 heterocycles. The van der Waals surface area contributed by atoms with Crippen LogP contribution in [0.4, 0.5) is 0 Å². The Bertz CT molecular complexity index is 859. The summed E-state index contributed by atoms with van der Waals surface area (Å²) in [6, 6.07) is 20.3. The van der Waals surface area contributed by atoms with Crippen molar-refractivity contribution in [2.45, 2.75) is 13.3 Å². The van der Waals surface area contributed by atoms with Crippen LogP contribution in [0.15, 0.2) is 71.9 Å². The summed E-state index contributed by atoms with van der Waals surface area (Å²) in [4.78, 5) is 8.93. The van der Waals surface area contributed by atoms with E-state index >= 15 is 0 Å². The number of aliphatic imine (C=N–C) groups is 1. The van der Waals surface area contributed by atoms with Crippen molar-refractivity contribution in [1.82, 2.24) is 15.6 Å². The van der Waals surface area contributed by atoms with Crippen LogP contribution < -0.4 is 15.4 Å². The number of pyridine rings is 1. The first-order valence-electron chi connectivity index (χ1n) is 9.39. The normalized spacial score (nSPS) is 11.4. The van der Waals surface area contributed by atoms with E-state index in [0.717, 1.165) is 35.8 Å². The van der Waals surface area contributed by atoms with Gasteiger partial charge in [-0.05, 0) is 30.5 Å². The Kier molecular flexibility index (Phi) is 7.04. The highest BCUT2D eigenvalue weighted by atomic mass is 16.5. The van der Waals surface area contributed by atoms with Crippen LogP contribution in [-0.4, -0.2) is 37.2 Å². The Hall–Kier alpha value is -3.08. The van der Waals surface area contributed by atoms with Crippen molar-refractivity contribution in [2.24, 2.45) is 4.99 Å². The monoisotopic (exact) mass is 362 g/mol. The minimum Gasteiger partial charge on any atom is -0.491 e. The number of fused-ring (bicyclic) bond motifs is 1. The quantitative estimate of drug-likeness (QED) is 0.366. The Labute approximate surface area is 160 Å². The molecule has 0 unspecified atom stereocenters. The minimum absolute atomic E-state index is 0.568. The predicted octanol–water partition coefficient (Wildman–Crippen LogP) is 3.41. The first-order valence-corrected chi connectivity index (χ1v) is 9.39. The van der Waals surface area contributed by atoms with Crippen molar-refractivity contribution in [3.05, 3.63) is 72.6 Å². The van der Waals surface area contributed by atoms with E-state index in [1.807, 2.05) is 48.7 Å². The Morgan fingerprint density at radius 1 is 1.00 bits per heavy atom. The van der Waals surface area contributed by atoms with Gasteiger partial charge in [0.1, 0.15) is 12.4 Å². The maximum Gasteiger partial charge on any atom is 0.191 e. The lowest BCUT2D eigenvalue weighted by Gasteiger charge is -2.13. The molecule has 5 heteroatoms. The molecule has 0 bridgehead atoms. The van der Waals surface area contributed by atoms with Crippen molar-refractivity contribution in [3.63, 3.8) is 0 Å². The molecule has 0 saturated heterocycles. The van der Waals surface area contributed by atoms with Crippen molar-refractivity contribution in [1.29, 1.82) is 0 Å². The highest BCUT2D eigenvalue weighted by molar-refractivity contribution is 5.88. The van der Waals surface area contributed by atoms with Gasteiger partial charge in [0.2, 0.25) is 0 Å². The van der Waals surface area contributed by atoms with Gasteiger partial charge in [-0.15, -0.1) is 0 Å². The molecule has 0 aliphatic carbocycles.